The van der Waals surface area contributed by atoms with E-state index >= 15 is 0 Å². The number of nitrogens with zero attached hydrogens (tertiary/aromatic N) is 5. The van der Waals surface area contributed by atoms with E-state index in [4.69, 9.17) is 0 Å². The Hall–Kier alpha value is -1.95. The molecule has 106 valence electrons. The van der Waals surface area contributed by atoms with Crippen LogP contribution in [0.15, 0.2) is 30.7 Å². The smallest absolute Gasteiger partial charge is 0.151 e. The van der Waals surface area contributed by atoms with E-state index in [2.05, 4.69) is 31.7 Å². The molecule has 3 rings (SSSR count). The summed E-state index contributed by atoms with van der Waals surface area (Å²) in [6.07, 6.45) is 8.07. The second-order valence-electron chi connectivity index (χ2n) is 5.27. The Labute approximate surface area is 118 Å². The van der Waals surface area contributed by atoms with E-state index in [9.17, 15) is 0 Å². The molecule has 1 fully saturated rings. The number of nitrogens with one attached hydrogen (secondary N) is 1. The lowest BCUT2D eigenvalue weighted by Crippen LogP contribution is -2.45. The van der Waals surface area contributed by atoms with Crippen molar-refractivity contribution in [3.05, 3.63) is 36.3 Å². The summed E-state index contributed by atoms with van der Waals surface area (Å²) in [5.74, 6) is 0.973. The number of aromatic nitrogens is 4. The zero-order valence-corrected chi connectivity index (χ0v) is 11.7. The Morgan fingerprint density at radius 1 is 1.45 bits per heavy atom. The van der Waals surface area contributed by atoms with Gasteiger partial charge in [0.25, 0.3) is 0 Å². The van der Waals surface area contributed by atoms with Gasteiger partial charge in [0.2, 0.25) is 0 Å². The number of hydrogen-bond acceptors (Lipinski definition) is 5. The SMILES string of the molecule is Cn1cc(CN[C@H]2CCCN(c3cccnn3)C2)cn1. The van der Waals surface area contributed by atoms with Crippen LogP contribution >= 0.6 is 0 Å². The van der Waals surface area contributed by atoms with Crippen molar-refractivity contribution in [2.24, 2.45) is 7.05 Å². The molecule has 0 bridgehead atoms. The van der Waals surface area contributed by atoms with Crippen LogP contribution in [-0.2, 0) is 13.6 Å². The van der Waals surface area contributed by atoms with Crippen molar-refractivity contribution in [2.45, 2.75) is 25.4 Å². The summed E-state index contributed by atoms with van der Waals surface area (Å²) in [4.78, 5) is 2.30. The molecule has 0 spiro atoms. The first-order valence-corrected chi connectivity index (χ1v) is 7.05. The van der Waals surface area contributed by atoms with Crippen LogP contribution in [0.1, 0.15) is 18.4 Å². The standard InChI is InChI=1S/C14H20N6/c1-19-10-12(9-17-19)8-15-13-4-3-7-20(11-13)14-5-2-6-16-18-14/h2,5-6,9-10,13,15H,3-4,7-8,11H2,1H3/t13-/m0/s1. The molecule has 0 aliphatic carbocycles. The molecular formula is C14H20N6. The highest BCUT2D eigenvalue weighted by molar-refractivity contribution is 5.37. The molecule has 6 nitrogen and oxygen atoms in total. The first kappa shape index (κ1) is 13.1. The fourth-order valence-corrected chi connectivity index (χ4v) is 2.64. The van der Waals surface area contributed by atoms with Crippen molar-refractivity contribution in [3.8, 4) is 0 Å². The molecule has 6 heteroatoms. The van der Waals surface area contributed by atoms with Gasteiger partial charge in [-0.05, 0) is 25.0 Å². The third-order valence-electron chi connectivity index (χ3n) is 3.66. The summed E-state index contributed by atoms with van der Waals surface area (Å²) in [7, 11) is 1.94. The van der Waals surface area contributed by atoms with Gasteiger partial charge >= 0.3 is 0 Å². The van der Waals surface area contributed by atoms with Crippen molar-refractivity contribution >= 4 is 5.82 Å². The van der Waals surface area contributed by atoms with Gasteiger partial charge < -0.3 is 10.2 Å². The molecule has 2 aromatic rings. The van der Waals surface area contributed by atoms with Crippen LogP contribution in [0.3, 0.4) is 0 Å². The molecule has 0 saturated carbocycles. The van der Waals surface area contributed by atoms with E-state index in [1.54, 1.807) is 6.20 Å². The van der Waals surface area contributed by atoms with Gasteiger partial charge in [-0.1, -0.05) is 0 Å². The van der Waals surface area contributed by atoms with Crippen LogP contribution in [0, 0.1) is 0 Å². The van der Waals surface area contributed by atoms with Crippen LogP contribution in [0.5, 0.6) is 0 Å². The number of anilines is 1. The minimum Gasteiger partial charge on any atom is -0.354 e. The number of piperidine rings is 1. The van der Waals surface area contributed by atoms with Crippen LogP contribution in [0.25, 0.3) is 0 Å². The zero-order chi connectivity index (χ0) is 13.8. The maximum atomic E-state index is 4.19. The van der Waals surface area contributed by atoms with Crippen LogP contribution < -0.4 is 10.2 Å². The molecule has 20 heavy (non-hydrogen) atoms. The first-order chi connectivity index (χ1) is 9.81. The summed E-state index contributed by atoms with van der Waals surface area (Å²) in [6.45, 7) is 2.91. The van der Waals surface area contributed by atoms with Crippen molar-refractivity contribution in [1.29, 1.82) is 0 Å². The summed E-state index contributed by atoms with van der Waals surface area (Å²) >= 11 is 0. The average molecular weight is 272 g/mol. The fourth-order valence-electron chi connectivity index (χ4n) is 2.64. The molecule has 1 atom stereocenters. The number of rotatable bonds is 4. The van der Waals surface area contributed by atoms with Gasteiger partial charge in [0.05, 0.1) is 6.20 Å². The largest absolute Gasteiger partial charge is 0.354 e. The van der Waals surface area contributed by atoms with Crippen molar-refractivity contribution in [1.82, 2.24) is 25.3 Å². The Morgan fingerprint density at radius 3 is 3.15 bits per heavy atom. The van der Waals surface area contributed by atoms with Gasteiger partial charge in [-0.2, -0.15) is 10.2 Å². The van der Waals surface area contributed by atoms with Crippen molar-refractivity contribution < 1.29 is 0 Å². The lowest BCUT2D eigenvalue weighted by atomic mass is 10.1. The van der Waals surface area contributed by atoms with Gasteiger partial charge in [-0.3, -0.25) is 4.68 Å². The van der Waals surface area contributed by atoms with Crippen molar-refractivity contribution in [3.63, 3.8) is 0 Å². The predicted octanol–water partition coefficient (Wildman–Crippen LogP) is 0.969. The van der Waals surface area contributed by atoms with E-state index < -0.39 is 0 Å². The third kappa shape index (κ3) is 3.14. The third-order valence-corrected chi connectivity index (χ3v) is 3.66. The van der Waals surface area contributed by atoms with Gasteiger partial charge in [-0.25, -0.2) is 0 Å². The maximum absolute atomic E-state index is 4.19. The minimum absolute atomic E-state index is 0.492. The first-order valence-electron chi connectivity index (χ1n) is 7.05. The zero-order valence-electron chi connectivity index (χ0n) is 11.7. The van der Waals surface area contributed by atoms with Crippen LogP contribution in [-0.4, -0.2) is 39.1 Å². The number of hydrogen-bond donors (Lipinski definition) is 1. The van der Waals surface area contributed by atoms with Gasteiger partial charge in [-0.15, -0.1) is 5.10 Å². The summed E-state index contributed by atoms with van der Waals surface area (Å²) in [5, 5.41) is 16.0. The van der Waals surface area contributed by atoms with Crippen molar-refractivity contribution in [2.75, 3.05) is 18.0 Å². The fraction of sp³-hybridized carbons (Fsp3) is 0.500. The molecular weight excluding hydrogens is 252 g/mol. The van der Waals surface area contributed by atoms with Gasteiger partial charge in [0, 0.05) is 50.7 Å². The van der Waals surface area contributed by atoms with Crippen LogP contribution in [0.2, 0.25) is 0 Å². The molecule has 1 saturated heterocycles. The quantitative estimate of drug-likeness (QED) is 0.898. The lowest BCUT2D eigenvalue weighted by Gasteiger charge is -2.33. The van der Waals surface area contributed by atoms with E-state index in [0.29, 0.717) is 6.04 Å². The minimum atomic E-state index is 0.492. The Bertz CT molecular complexity index is 538. The summed E-state index contributed by atoms with van der Waals surface area (Å²) in [6, 6.07) is 4.46. The number of aryl methyl sites for hydroxylation is 1. The molecule has 0 amide bonds. The highest BCUT2D eigenvalue weighted by Gasteiger charge is 2.20. The Kier molecular flexibility index (Phi) is 3.92. The maximum Gasteiger partial charge on any atom is 0.151 e. The lowest BCUT2D eigenvalue weighted by molar-refractivity contribution is 0.419. The molecule has 2 aromatic heterocycles. The summed E-state index contributed by atoms with van der Waals surface area (Å²) < 4.78 is 1.84. The van der Waals surface area contributed by atoms with E-state index in [0.717, 1.165) is 25.5 Å². The Morgan fingerprint density at radius 2 is 2.40 bits per heavy atom. The normalized spacial score (nSPS) is 19.2. The highest BCUT2D eigenvalue weighted by atomic mass is 15.3. The molecule has 0 unspecified atom stereocenters. The highest BCUT2D eigenvalue weighted by Crippen LogP contribution is 2.16. The molecule has 3 heterocycles. The monoisotopic (exact) mass is 272 g/mol. The van der Waals surface area contributed by atoms with Crippen LogP contribution in [0.4, 0.5) is 5.82 Å². The molecule has 1 aliphatic heterocycles. The molecule has 0 radical (unpaired) electrons. The van der Waals surface area contributed by atoms with E-state index in [-0.39, 0.29) is 0 Å². The second kappa shape index (κ2) is 6.00. The average Bonchev–Trinajstić information content (AvgIpc) is 2.92. The molecule has 1 aliphatic rings. The topological polar surface area (TPSA) is 58.9 Å². The molecule has 1 N–H and O–H groups in total. The molecule has 0 aromatic carbocycles. The van der Waals surface area contributed by atoms with E-state index in [1.165, 1.54) is 18.4 Å². The van der Waals surface area contributed by atoms with Gasteiger partial charge in [0.1, 0.15) is 0 Å². The van der Waals surface area contributed by atoms with E-state index in [1.807, 2.05) is 30.1 Å². The Balaban J connectivity index is 1.55. The summed E-state index contributed by atoms with van der Waals surface area (Å²) in [5.41, 5.74) is 1.23. The second-order valence-corrected chi connectivity index (χ2v) is 5.27. The van der Waals surface area contributed by atoms with Gasteiger partial charge in [0.15, 0.2) is 5.82 Å². The predicted molar refractivity (Wildman–Crippen MR) is 77.3 cm³/mol.